The highest BCUT2D eigenvalue weighted by Crippen LogP contribution is 2.27. The van der Waals surface area contributed by atoms with Gasteiger partial charge in [-0.25, -0.2) is 4.98 Å². The fourth-order valence-corrected chi connectivity index (χ4v) is 0.964. The lowest BCUT2D eigenvalue weighted by Gasteiger charge is -2.04. The number of aromatic nitrogens is 1. The molecule has 76 valence electrons. The van der Waals surface area contributed by atoms with Crippen LogP contribution in [0.4, 0.5) is 17.2 Å². The molecule has 0 bridgehead atoms. The van der Waals surface area contributed by atoms with Crippen LogP contribution in [0.3, 0.4) is 0 Å². The molecule has 4 N–H and O–H groups in total. The van der Waals surface area contributed by atoms with E-state index in [4.69, 9.17) is 10.8 Å². The SMILES string of the molecule is Nc1ccnc(NCCO)c1[N+](=O)[O-]. The minimum Gasteiger partial charge on any atom is -0.395 e. The summed E-state index contributed by atoms with van der Waals surface area (Å²) in [7, 11) is 0. The van der Waals surface area contributed by atoms with E-state index in [1.165, 1.54) is 12.3 Å². The summed E-state index contributed by atoms with van der Waals surface area (Å²) in [6, 6.07) is 1.35. The summed E-state index contributed by atoms with van der Waals surface area (Å²) in [5.74, 6) is 0.0732. The lowest BCUT2D eigenvalue weighted by Crippen LogP contribution is -2.10. The van der Waals surface area contributed by atoms with Crippen LogP contribution in [0.2, 0.25) is 0 Å². The van der Waals surface area contributed by atoms with Crippen molar-refractivity contribution in [3.63, 3.8) is 0 Å². The first kappa shape index (κ1) is 10.2. The first-order valence-electron chi connectivity index (χ1n) is 3.90. The Labute approximate surface area is 79.7 Å². The zero-order valence-electron chi connectivity index (χ0n) is 7.30. The maximum absolute atomic E-state index is 10.6. The predicted octanol–water partition coefficient (Wildman–Crippen LogP) is -0.0238. The summed E-state index contributed by atoms with van der Waals surface area (Å²) in [6.45, 7) is 0.0604. The predicted molar refractivity (Wildman–Crippen MR) is 50.9 cm³/mol. The van der Waals surface area contributed by atoms with Crippen LogP contribution < -0.4 is 11.1 Å². The average molecular weight is 198 g/mol. The van der Waals surface area contributed by atoms with Crippen LogP contribution in [-0.2, 0) is 0 Å². The fraction of sp³-hybridized carbons (Fsp3) is 0.286. The third-order valence-electron chi connectivity index (χ3n) is 1.54. The third-order valence-corrected chi connectivity index (χ3v) is 1.54. The van der Waals surface area contributed by atoms with Crippen molar-refractivity contribution in [3.05, 3.63) is 22.4 Å². The van der Waals surface area contributed by atoms with E-state index >= 15 is 0 Å². The molecule has 1 aromatic rings. The minimum atomic E-state index is -0.609. The maximum atomic E-state index is 10.6. The molecule has 0 fully saturated rings. The van der Waals surface area contributed by atoms with Crippen molar-refractivity contribution < 1.29 is 10.0 Å². The van der Waals surface area contributed by atoms with Gasteiger partial charge in [-0.05, 0) is 6.07 Å². The second kappa shape index (κ2) is 4.38. The summed E-state index contributed by atoms with van der Waals surface area (Å²) >= 11 is 0. The number of aliphatic hydroxyl groups is 1. The van der Waals surface area contributed by atoms with E-state index in [1.807, 2.05) is 0 Å². The Kier molecular flexibility index (Phi) is 3.19. The van der Waals surface area contributed by atoms with Crippen LogP contribution in [0.15, 0.2) is 12.3 Å². The monoisotopic (exact) mass is 198 g/mol. The van der Waals surface area contributed by atoms with E-state index in [-0.39, 0.29) is 30.3 Å². The highest BCUT2D eigenvalue weighted by atomic mass is 16.6. The van der Waals surface area contributed by atoms with Crippen LogP contribution >= 0.6 is 0 Å². The lowest BCUT2D eigenvalue weighted by molar-refractivity contribution is -0.383. The molecule has 7 heteroatoms. The normalized spacial score (nSPS) is 9.79. The standard InChI is InChI=1S/C7H10N4O3/c8-5-1-2-9-7(10-3-4-12)6(5)11(13)14/h1-2,12H,3-4H2,(H3,8,9,10). The molecule has 14 heavy (non-hydrogen) atoms. The van der Waals surface area contributed by atoms with Crippen LogP contribution in [0.1, 0.15) is 0 Å². The second-order valence-electron chi connectivity index (χ2n) is 2.50. The number of nitrogens with zero attached hydrogens (tertiary/aromatic N) is 2. The average Bonchev–Trinajstić information content (AvgIpc) is 2.14. The molecule has 1 heterocycles. The molecule has 0 amide bonds. The van der Waals surface area contributed by atoms with Crippen molar-refractivity contribution in [2.75, 3.05) is 24.2 Å². The Morgan fingerprint density at radius 3 is 3.00 bits per heavy atom. The highest BCUT2D eigenvalue weighted by Gasteiger charge is 2.18. The van der Waals surface area contributed by atoms with Gasteiger partial charge in [-0.2, -0.15) is 0 Å². The van der Waals surface area contributed by atoms with Crippen molar-refractivity contribution in [3.8, 4) is 0 Å². The maximum Gasteiger partial charge on any atom is 0.333 e. The summed E-state index contributed by atoms with van der Waals surface area (Å²) in [5.41, 5.74) is 5.19. The second-order valence-corrected chi connectivity index (χ2v) is 2.50. The van der Waals surface area contributed by atoms with Gasteiger partial charge in [0.15, 0.2) is 0 Å². The van der Waals surface area contributed by atoms with Gasteiger partial charge in [0.1, 0.15) is 5.69 Å². The van der Waals surface area contributed by atoms with Gasteiger partial charge in [0.25, 0.3) is 0 Å². The Bertz CT molecular complexity index is 342. The largest absolute Gasteiger partial charge is 0.395 e. The number of nitrogens with two attached hydrogens (primary N) is 1. The summed E-state index contributed by atoms with van der Waals surface area (Å²) in [6.07, 6.45) is 1.36. The molecule has 1 aromatic heterocycles. The highest BCUT2D eigenvalue weighted by molar-refractivity contribution is 5.70. The van der Waals surface area contributed by atoms with E-state index < -0.39 is 4.92 Å². The van der Waals surface area contributed by atoms with Gasteiger partial charge in [-0.1, -0.05) is 0 Å². The van der Waals surface area contributed by atoms with Gasteiger partial charge >= 0.3 is 5.69 Å². The van der Waals surface area contributed by atoms with Gasteiger partial charge in [0.05, 0.1) is 11.5 Å². The summed E-state index contributed by atoms with van der Waals surface area (Å²) < 4.78 is 0. The minimum absolute atomic E-state index is 0.0467. The van der Waals surface area contributed by atoms with E-state index in [0.29, 0.717) is 0 Å². The molecule has 7 nitrogen and oxygen atoms in total. The van der Waals surface area contributed by atoms with Crippen molar-refractivity contribution in [1.82, 2.24) is 4.98 Å². The Morgan fingerprint density at radius 1 is 1.71 bits per heavy atom. The van der Waals surface area contributed by atoms with Crippen molar-refractivity contribution in [2.45, 2.75) is 0 Å². The zero-order valence-corrected chi connectivity index (χ0v) is 7.30. The van der Waals surface area contributed by atoms with Crippen LogP contribution in [0, 0.1) is 10.1 Å². The van der Waals surface area contributed by atoms with E-state index in [0.717, 1.165) is 0 Å². The van der Waals surface area contributed by atoms with Gasteiger partial charge < -0.3 is 16.2 Å². The van der Waals surface area contributed by atoms with E-state index in [2.05, 4.69) is 10.3 Å². The Hall–Kier alpha value is -1.89. The van der Waals surface area contributed by atoms with Crippen molar-refractivity contribution in [1.29, 1.82) is 0 Å². The number of anilines is 2. The van der Waals surface area contributed by atoms with Gasteiger partial charge in [0, 0.05) is 12.7 Å². The van der Waals surface area contributed by atoms with Gasteiger partial charge in [0.2, 0.25) is 5.82 Å². The number of pyridine rings is 1. The topological polar surface area (TPSA) is 114 Å². The van der Waals surface area contributed by atoms with E-state index in [9.17, 15) is 10.1 Å². The zero-order chi connectivity index (χ0) is 10.6. The lowest BCUT2D eigenvalue weighted by atomic mass is 10.3. The Balaban J connectivity index is 3.02. The number of nitrogens with one attached hydrogen (secondary N) is 1. The first-order chi connectivity index (χ1) is 6.66. The first-order valence-corrected chi connectivity index (χ1v) is 3.90. The van der Waals surface area contributed by atoms with Crippen LogP contribution in [0.5, 0.6) is 0 Å². The molecule has 0 saturated carbocycles. The summed E-state index contributed by atoms with van der Waals surface area (Å²) in [5, 5.41) is 21.7. The third kappa shape index (κ3) is 2.07. The molecule has 0 saturated heterocycles. The number of nitrogen functional groups attached to an aromatic ring is 1. The molecule has 0 aliphatic rings. The van der Waals surface area contributed by atoms with Crippen molar-refractivity contribution in [2.24, 2.45) is 0 Å². The Morgan fingerprint density at radius 2 is 2.43 bits per heavy atom. The van der Waals surface area contributed by atoms with Crippen molar-refractivity contribution >= 4 is 17.2 Å². The van der Waals surface area contributed by atoms with Crippen LogP contribution in [-0.4, -0.2) is 28.2 Å². The molecular weight excluding hydrogens is 188 g/mol. The molecule has 0 radical (unpaired) electrons. The van der Waals surface area contributed by atoms with Gasteiger partial charge in [-0.3, -0.25) is 10.1 Å². The molecule has 0 aliphatic carbocycles. The van der Waals surface area contributed by atoms with E-state index in [1.54, 1.807) is 0 Å². The fourth-order valence-electron chi connectivity index (χ4n) is 0.964. The summed E-state index contributed by atoms with van der Waals surface area (Å²) in [4.78, 5) is 13.7. The molecule has 0 spiro atoms. The van der Waals surface area contributed by atoms with Gasteiger partial charge in [-0.15, -0.1) is 0 Å². The smallest absolute Gasteiger partial charge is 0.333 e. The number of hydrogen-bond acceptors (Lipinski definition) is 6. The molecule has 1 rings (SSSR count). The number of rotatable bonds is 4. The number of nitro groups is 1. The molecule has 0 atom stereocenters. The van der Waals surface area contributed by atoms with Crippen LogP contribution in [0.25, 0.3) is 0 Å². The quantitative estimate of drug-likeness (QED) is 0.462. The molecule has 0 unspecified atom stereocenters. The molecule has 0 aliphatic heterocycles. The molecular formula is C7H10N4O3. The molecule has 0 aromatic carbocycles. The number of aliphatic hydroxyl groups excluding tert-OH is 1. The number of hydrogen-bond donors (Lipinski definition) is 3.